The van der Waals surface area contributed by atoms with E-state index in [0.29, 0.717) is 11.1 Å². The number of nitrogens with one attached hydrogen (secondary N) is 1. The maximum atomic E-state index is 6.22. The summed E-state index contributed by atoms with van der Waals surface area (Å²) >= 11 is 12.1. The van der Waals surface area contributed by atoms with Crippen molar-refractivity contribution in [1.29, 1.82) is 0 Å². The van der Waals surface area contributed by atoms with Crippen LogP contribution in [-0.4, -0.2) is 13.1 Å². The first-order chi connectivity index (χ1) is 8.60. The number of likely N-dealkylation sites (N-methyl/N-ethyl adjacent to an activating group) is 1. The second kappa shape index (κ2) is 8.04. The van der Waals surface area contributed by atoms with Gasteiger partial charge in [-0.25, -0.2) is 0 Å². The van der Waals surface area contributed by atoms with Gasteiger partial charge in [0.15, 0.2) is 0 Å². The van der Waals surface area contributed by atoms with Gasteiger partial charge in [0.25, 0.3) is 0 Å². The largest absolute Gasteiger partial charge is 0.317 e. The van der Waals surface area contributed by atoms with Crippen LogP contribution in [0.25, 0.3) is 0 Å². The standard InChI is InChI=1S/C15H23Cl2N/c1-4-11(5-2)8-14(18-3)9-12-6-7-13(16)10-15(12)17/h6-7,10-11,14,18H,4-5,8-9H2,1-3H3. The summed E-state index contributed by atoms with van der Waals surface area (Å²) in [5.41, 5.74) is 1.17. The molecule has 1 N–H and O–H groups in total. The van der Waals surface area contributed by atoms with E-state index in [1.54, 1.807) is 0 Å². The monoisotopic (exact) mass is 287 g/mol. The van der Waals surface area contributed by atoms with E-state index in [-0.39, 0.29) is 0 Å². The van der Waals surface area contributed by atoms with Crippen LogP contribution in [0, 0.1) is 5.92 Å². The van der Waals surface area contributed by atoms with Gasteiger partial charge in [-0.1, -0.05) is 56.0 Å². The lowest BCUT2D eigenvalue weighted by molar-refractivity contribution is 0.377. The van der Waals surface area contributed by atoms with E-state index in [0.717, 1.165) is 17.4 Å². The van der Waals surface area contributed by atoms with Gasteiger partial charge in [0.05, 0.1) is 0 Å². The zero-order valence-electron chi connectivity index (χ0n) is 11.5. The summed E-state index contributed by atoms with van der Waals surface area (Å²) in [6.07, 6.45) is 4.64. The van der Waals surface area contributed by atoms with Crippen LogP contribution < -0.4 is 5.32 Å². The Kier molecular flexibility index (Phi) is 7.06. The molecule has 0 bridgehead atoms. The second-order valence-corrected chi connectivity index (χ2v) is 5.69. The summed E-state index contributed by atoms with van der Waals surface area (Å²) in [7, 11) is 2.02. The fourth-order valence-electron chi connectivity index (χ4n) is 2.28. The molecule has 0 aliphatic heterocycles. The molecule has 0 saturated heterocycles. The van der Waals surface area contributed by atoms with Crippen molar-refractivity contribution in [3.8, 4) is 0 Å². The fourth-order valence-corrected chi connectivity index (χ4v) is 2.77. The average Bonchev–Trinajstić information content (AvgIpc) is 2.37. The molecule has 18 heavy (non-hydrogen) atoms. The molecular weight excluding hydrogens is 265 g/mol. The number of halogens is 2. The van der Waals surface area contributed by atoms with Crippen molar-refractivity contribution in [2.24, 2.45) is 5.92 Å². The molecule has 1 atom stereocenters. The van der Waals surface area contributed by atoms with Crippen LogP contribution >= 0.6 is 23.2 Å². The third-order valence-electron chi connectivity index (χ3n) is 3.66. The van der Waals surface area contributed by atoms with Crippen LogP contribution in [0.5, 0.6) is 0 Å². The highest BCUT2D eigenvalue weighted by atomic mass is 35.5. The Morgan fingerprint density at radius 3 is 2.33 bits per heavy atom. The predicted molar refractivity (Wildman–Crippen MR) is 81.7 cm³/mol. The highest BCUT2D eigenvalue weighted by molar-refractivity contribution is 6.35. The maximum Gasteiger partial charge on any atom is 0.0453 e. The zero-order valence-corrected chi connectivity index (χ0v) is 13.0. The van der Waals surface area contributed by atoms with Crippen LogP contribution in [0.3, 0.4) is 0 Å². The summed E-state index contributed by atoms with van der Waals surface area (Å²) in [4.78, 5) is 0. The van der Waals surface area contributed by atoms with Gasteiger partial charge >= 0.3 is 0 Å². The minimum atomic E-state index is 0.480. The summed E-state index contributed by atoms with van der Waals surface area (Å²) in [5.74, 6) is 0.786. The molecule has 0 aliphatic rings. The highest BCUT2D eigenvalue weighted by Gasteiger charge is 2.14. The first-order valence-corrected chi connectivity index (χ1v) is 7.47. The van der Waals surface area contributed by atoms with Gasteiger partial charge in [0, 0.05) is 16.1 Å². The van der Waals surface area contributed by atoms with Crippen LogP contribution in [0.1, 0.15) is 38.7 Å². The molecule has 0 amide bonds. The first-order valence-electron chi connectivity index (χ1n) is 6.71. The van der Waals surface area contributed by atoms with E-state index in [4.69, 9.17) is 23.2 Å². The Balaban J connectivity index is 2.67. The van der Waals surface area contributed by atoms with Gasteiger partial charge in [-0.05, 0) is 43.5 Å². The lowest BCUT2D eigenvalue weighted by atomic mass is 9.91. The van der Waals surface area contributed by atoms with Crippen LogP contribution in [0.15, 0.2) is 18.2 Å². The average molecular weight is 288 g/mol. The molecule has 0 aliphatic carbocycles. The van der Waals surface area contributed by atoms with Crippen molar-refractivity contribution in [1.82, 2.24) is 5.32 Å². The summed E-state index contributed by atoms with van der Waals surface area (Å²) in [5, 5.41) is 4.87. The normalized spacial score (nSPS) is 13.0. The molecule has 102 valence electrons. The smallest absolute Gasteiger partial charge is 0.0453 e. The molecule has 1 aromatic rings. The van der Waals surface area contributed by atoms with E-state index in [2.05, 4.69) is 19.2 Å². The Labute approximate surface area is 121 Å². The van der Waals surface area contributed by atoms with Gasteiger partial charge in [0.2, 0.25) is 0 Å². The first kappa shape index (κ1) is 15.8. The van der Waals surface area contributed by atoms with Crippen LogP contribution in [0.2, 0.25) is 10.0 Å². The van der Waals surface area contributed by atoms with Gasteiger partial charge in [0.1, 0.15) is 0 Å². The molecule has 0 heterocycles. The van der Waals surface area contributed by atoms with E-state index in [9.17, 15) is 0 Å². The van der Waals surface area contributed by atoms with Crippen LogP contribution in [0.4, 0.5) is 0 Å². The molecule has 1 unspecified atom stereocenters. The minimum absolute atomic E-state index is 0.480. The Morgan fingerprint density at radius 2 is 1.83 bits per heavy atom. The topological polar surface area (TPSA) is 12.0 Å². The third-order valence-corrected chi connectivity index (χ3v) is 4.25. The molecule has 0 fully saturated rings. The van der Waals surface area contributed by atoms with Gasteiger partial charge in [-0.2, -0.15) is 0 Å². The molecule has 0 saturated carbocycles. The van der Waals surface area contributed by atoms with Gasteiger partial charge in [-0.15, -0.1) is 0 Å². The van der Waals surface area contributed by atoms with Crippen molar-refractivity contribution >= 4 is 23.2 Å². The Morgan fingerprint density at radius 1 is 1.17 bits per heavy atom. The van der Waals surface area contributed by atoms with Crippen LogP contribution in [-0.2, 0) is 6.42 Å². The number of benzene rings is 1. The molecule has 1 rings (SSSR count). The lowest BCUT2D eigenvalue weighted by Gasteiger charge is -2.22. The quantitative estimate of drug-likeness (QED) is 0.748. The van der Waals surface area contributed by atoms with Gasteiger partial charge < -0.3 is 5.32 Å². The van der Waals surface area contributed by atoms with Crippen molar-refractivity contribution in [2.75, 3.05) is 7.05 Å². The summed E-state index contributed by atoms with van der Waals surface area (Å²) in [6, 6.07) is 6.24. The number of hydrogen-bond acceptors (Lipinski definition) is 1. The fraction of sp³-hybridized carbons (Fsp3) is 0.600. The third kappa shape index (κ3) is 4.79. The Hall–Kier alpha value is -0.240. The highest BCUT2D eigenvalue weighted by Crippen LogP contribution is 2.24. The van der Waals surface area contributed by atoms with Crippen molar-refractivity contribution in [3.05, 3.63) is 33.8 Å². The zero-order chi connectivity index (χ0) is 13.5. The van der Waals surface area contributed by atoms with Crippen molar-refractivity contribution in [3.63, 3.8) is 0 Å². The molecule has 0 aromatic heterocycles. The van der Waals surface area contributed by atoms with Crippen molar-refractivity contribution in [2.45, 2.75) is 45.6 Å². The number of hydrogen-bond donors (Lipinski definition) is 1. The molecular formula is C15H23Cl2N. The van der Waals surface area contributed by atoms with Crippen molar-refractivity contribution < 1.29 is 0 Å². The van der Waals surface area contributed by atoms with Gasteiger partial charge in [-0.3, -0.25) is 0 Å². The summed E-state index contributed by atoms with van der Waals surface area (Å²) in [6.45, 7) is 4.52. The molecule has 1 aromatic carbocycles. The van der Waals surface area contributed by atoms with E-state index >= 15 is 0 Å². The molecule has 0 spiro atoms. The predicted octanol–water partition coefficient (Wildman–Crippen LogP) is 4.95. The van der Waals surface area contributed by atoms with E-state index in [1.807, 2.05) is 25.2 Å². The maximum absolute atomic E-state index is 6.22. The minimum Gasteiger partial charge on any atom is -0.317 e. The van der Waals surface area contributed by atoms with E-state index in [1.165, 1.54) is 24.8 Å². The molecule has 0 radical (unpaired) electrons. The van der Waals surface area contributed by atoms with E-state index < -0.39 is 0 Å². The Bertz CT molecular complexity index is 362. The summed E-state index contributed by atoms with van der Waals surface area (Å²) < 4.78 is 0. The molecule has 3 heteroatoms. The number of rotatable bonds is 7. The SMILES string of the molecule is CCC(CC)CC(Cc1ccc(Cl)cc1Cl)NC. The molecule has 1 nitrogen and oxygen atoms in total. The second-order valence-electron chi connectivity index (χ2n) is 4.84. The lowest BCUT2D eigenvalue weighted by Crippen LogP contribution is -2.30.